The van der Waals surface area contributed by atoms with E-state index in [-0.39, 0.29) is 17.8 Å². The zero-order valence-electron chi connectivity index (χ0n) is 11.0. The largest absolute Gasteiger partial charge is 0.396 e. The molecular formula is C13H18F2N2O2. The fourth-order valence-corrected chi connectivity index (χ4v) is 1.39. The minimum atomic E-state index is -0.938. The molecule has 0 unspecified atom stereocenters. The number of nitrogens with two attached hydrogens (primary N) is 1. The smallest absolute Gasteiger partial charge is 0.254 e. The van der Waals surface area contributed by atoms with Crippen molar-refractivity contribution < 1.29 is 18.3 Å². The van der Waals surface area contributed by atoms with Crippen molar-refractivity contribution in [2.75, 3.05) is 25.5 Å². The number of carbonyl (C=O) groups excluding carboxylic acids is 1. The predicted octanol–water partition coefficient (Wildman–Crippen LogP) is 1.95. The lowest BCUT2D eigenvalue weighted by atomic mass is 10.1. The molecule has 4 nitrogen and oxygen atoms in total. The molecule has 1 amide bonds. The Kier molecular flexibility index (Phi) is 5.69. The van der Waals surface area contributed by atoms with E-state index in [1.165, 1.54) is 0 Å². The standard InChI is InChI=1S/C13H18F2N2O2/c1-8(2)7-19-4-3-17-13(18)9-5-12(16)11(15)6-10(9)14/h5-6,8H,3-4,7,16H2,1-2H3,(H,17,18). The summed E-state index contributed by atoms with van der Waals surface area (Å²) in [5.41, 5.74) is 4.75. The van der Waals surface area contributed by atoms with Crippen LogP contribution < -0.4 is 11.1 Å². The summed E-state index contributed by atoms with van der Waals surface area (Å²) in [6.07, 6.45) is 0. The quantitative estimate of drug-likeness (QED) is 0.614. The molecule has 3 N–H and O–H groups in total. The van der Waals surface area contributed by atoms with Gasteiger partial charge in [-0.2, -0.15) is 0 Å². The van der Waals surface area contributed by atoms with Crippen molar-refractivity contribution in [2.24, 2.45) is 5.92 Å². The summed E-state index contributed by atoms with van der Waals surface area (Å²) in [4.78, 5) is 11.6. The van der Waals surface area contributed by atoms with Gasteiger partial charge in [0.15, 0.2) is 0 Å². The Balaban J connectivity index is 2.48. The number of ether oxygens (including phenoxy) is 1. The minimum Gasteiger partial charge on any atom is -0.396 e. The van der Waals surface area contributed by atoms with Gasteiger partial charge >= 0.3 is 0 Å². The molecule has 0 bridgehead atoms. The molecule has 1 aromatic rings. The number of hydrogen-bond donors (Lipinski definition) is 2. The van der Waals surface area contributed by atoms with Crippen LogP contribution in [0.3, 0.4) is 0 Å². The molecule has 0 fully saturated rings. The van der Waals surface area contributed by atoms with Crippen LogP contribution in [0.5, 0.6) is 0 Å². The second-order valence-electron chi connectivity index (χ2n) is 4.58. The molecule has 0 spiro atoms. The lowest BCUT2D eigenvalue weighted by Gasteiger charge is -2.09. The molecular weight excluding hydrogens is 254 g/mol. The van der Waals surface area contributed by atoms with Crippen LogP contribution in [0.25, 0.3) is 0 Å². The zero-order valence-corrected chi connectivity index (χ0v) is 11.0. The Bertz CT molecular complexity index is 451. The van der Waals surface area contributed by atoms with E-state index in [0.29, 0.717) is 25.2 Å². The summed E-state index contributed by atoms with van der Waals surface area (Å²) in [6, 6.07) is 1.58. The van der Waals surface area contributed by atoms with Crippen LogP contribution in [0.15, 0.2) is 12.1 Å². The molecule has 0 saturated carbocycles. The Morgan fingerprint density at radius 3 is 2.68 bits per heavy atom. The van der Waals surface area contributed by atoms with Crippen molar-refractivity contribution in [1.29, 1.82) is 0 Å². The van der Waals surface area contributed by atoms with E-state index < -0.39 is 17.5 Å². The topological polar surface area (TPSA) is 64.3 Å². The maximum Gasteiger partial charge on any atom is 0.254 e. The van der Waals surface area contributed by atoms with Crippen LogP contribution in [0.2, 0.25) is 0 Å². The predicted molar refractivity (Wildman–Crippen MR) is 68.8 cm³/mol. The molecule has 1 aromatic carbocycles. The molecule has 0 aliphatic heterocycles. The monoisotopic (exact) mass is 272 g/mol. The average molecular weight is 272 g/mol. The van der Waals surface area contributed by atoms with Gasteiger partial charge in [-0.05, 0) is 12.0 Å². The van der Waals surface area contributed by atoms with Crippen LogP contribution in [0, 0.1) is 17.6 Å². The van der Waals surface area contributed by atoms with Gasteiger partial charge in [0.25, 0.3) is 5.91 Å². The first-order valence-electron chi connectivity index (χ1n) is 6.02. The van der Waals surface area contributed by atoms with Crippen molar-refractivity contribution in [3.63, 3.8) is 0 Å². The molecule has 0 radical (unpaired) electrons. The minimum absolute atomic E-state index is 0.252. The summed E-state index contributed by atoms with van der Waals surface area (Å²) in [5, 5.41) is 2.48. The molecule has 0 saturated heterocycles. The lowest BCUT2D eigenvalue weighted by molar-refractivity contribution is 0.0883. The molecule has 0 heterocycles. The summed E-state index contributed by atoms with van der Waals surface area (Å²) >= 11 is 0. The third-order valence-electron chi connectivity index (χ3n) is 2.31. The first kappa shape index (κ1) is 15.4. The first-order valence-corrected chi connectivity index (χ1v) is 6.02. The van der Waals surface area contributed by atoms with E-state index in [2.05, 4.69) is 5.32 Å². The van der Waals surface area contributed by atoms with Crippen LogP contribution in [-0.2, 0) is 4.74 Å². The molecule has 0 aliphatic rings. The summed E-state index contributed by atoms with van der Waals surface area (Å²) in [7, 11) is 0. The van der Waals surface area contributed by atoms with E-state index >= 15 is 0 Å². The normalized spacial score (nSPS) is 10.8. The van der Waals surface area contributed by atoms with Crippen molar-refractivity contribution in [3.05, 3.63) is 29.3 Å². The van der Waals surface area contributed by atoms with Gasteiger partial charge in [0.1, 0.15) is 11.6 Å². The number of rotatable bonds is 6. The highest BCUT2D eigenvalue weighted by Gasteiger charge is 2.14. The summed E-state index contributed by atoms with van der Waals surface area (Å²) in [6.45, 7) is 5.20. The molecule has 1 rings (SSSR count). The van der Waals surface area contributed by atoms with Gasteiger partial charge in [0, 0.05) is 19.2 Å². The van der Waals surface area contributed by atoms with E-state index in [9.17, 15) is 13.6 Å². The van der Waals surface area contributed by atoms with Crippen molar-refractivity contribution in [2.45, 2.75) is 13.8 Å². The Morgan fingerprint density at radius 2 is 2.05 bits per heavy atom. The van der Waals surface area contributed by atoms with E-state index in [1.807, 2.05) is 13.8 Å². The number of nitrogens with one attached hydrogen (secondary N) is 1. The Morgan fingerprint density at radius 1 is 1.37 bits per heavy atom. The number of halogens is 2. The highest BCUT2D eigenvalue weighted by atomic mass is 19.1. The number of carbonyl (C=O) groups is 1. The fourth-order valence-electron chi connectivity index (χ4n) is 1.39. The van der Waals surface area contributed by atoms with Gasteiger partial charge in [-0.3, -0.25) is 4.79 Å². The third-order valence-corrected chi connectivity index (χ3v) is 2.31. The second-order valence-corrected chi connectivity index (χ2v) is 4.58. The van der Waals surface area contributed by atoms with Crippen molar-refractivity contribution >= 4 is 11.6 Å². The molecule has 19 heavy (non-hydrogen) atoms. The first-order chi connectivity index (χ1) is 8.91. The number of benzene rings is 1. The maximum absolute atomic E-state index is 13.4. The Labute approximate surface area is 110 Å². The number of anilines is 1. The van der Waals surface area contributed by atoms with Gasteiger partial charge in [0.2, 0.25) is 0 Å². The fraction of sp³-hybridized carbons (Fsp3) is 0.462. The van der Waals surface area contributed by atoms with Gasteiger partial charge in [-0.1, -0.05) is 13.8 Å². The van der Waals surface area contributed by atoms with Crippen LogP contribution in [-0.4, -0.2) is 25.7 Å². The van der Waals surface area contributed by atoms with E-state index in [1.54, 1.807) is 0 Å². The van der Waals surface area contributed by atoms with Gasteiger partial charge < -0.3 is 15.8 Å². The highest BCUT2D eigenvalue weighted by molar-refractivity contribution is 5.95. The number of hydrogen-bond acceptors (Lipinski definition) is 3. The molecule has 0 aromatic heterocycles. The summed E-state index contributed by atoms with van der Waals surface area (Å²) < 4.78 is 31.6. The number of amides is 1. The average Bonchev–Trinajstić information content (AvgIpc) is 2.32. The molecule has 0 atom stereocenters. The van der Waals surface area contributed by atoms with Gasteiger partial charge in [0.05, 0.1) is 17.9 Å². The molecule has 0 aliphatic carbocycles. The Hall–Kier alpha value is -1.69. The van der Waals surface area contributed by atoms with Crippen LogP contribution in [0.1, 0.15) is 24.2 Å². The van der Waals surface area contributed by atoms with Crippen molar-refractivity contribution in [3.8, 4) is 0 Å². The lowest BCUT2D eigenvalue weighted by Crippen LogP contribution is -2.28. The van der Waals surface area contributed by atoms with Gasteiger partial charge in [-0.15, -0.1) is 0 Å². The summed E-state index contributed by atoms with van der Waals surface area (Å²) in [5.74, 6) is -2.05. The van der Waals surface area contributed by atoms with Crippen LogP contribution >= 0.6 is 0 Å². The molecule has 6 heteroatoms. The number of nitrogen functional groups attached to an aromatic ring is 1. The highest BCUT2D eigenvalue weighted by Crippen LogP contribution is 2.16. The SMILES string of the molecule is CC(C)COCCNC(=O)c1cc(N)c(F)cc1F. The molecule has 106 valence electrons. The van der Waals surface area contributed by atoms with Gasteiger partial charge in [-0.25, -0.2) is 8.78 Å². The van der Waals surface area contributed by atoms with E-state index in [4.69, 9.17) is 10.5 Å². The second kappa shape index (κ2) is 7.04. The van der Waals surface area contributed by atoms with E-state index in [0.717, 1.165) is 6.07 Å². The zero-order chi connectivity index (χ0) is 14.4. The maximum atomic E-state index is 13.4. The third kappa shape index (κ3) is 4.82. The van der Waals surface area contributed by atoms with Crippen LogP contribution in [0.4, 0.5) is 14.5 Å². The van der Waals surface area contributed by atoms with Crippen molar-refractivity contribution in [1.82, 2.24) is 5.32 Å².